The minimum Gasteiger partial charge on any atom is -0.309 e. The second-order valence-electron chi connectivity index (χ2n) is 4.76. The topological polar surface area (TPSA) is 12.0 Å². The van der Waals surface area contributed by atoms with Gasteiger partial charge in [-0.2, -0.15) is 11.8 Å². The highest BCUT2D eigenvalue weighted by atomic mass is 32.2. The molecule has 0 radical (unpaired) electrons. The molecule has 1 saturated heterocycles. The summed E-state index contributed by atoms with van der Waals surface area (Å²) >= 11 is 2.07. The molecule has 2 heteroatoms. The van der Waals surface area contributed by atoms with E-state index in [1.54, 1.807) is 0 Å². The molecule has 0 saturated carbocycles. The third-order valence-corrected chi connectivity index (χ3v) is 4.29. The van der Waals surface area contributed by atoms with Gasteiger partial charge in [0, 0.05) is 11.8 Å². The van der Waals surface area contributed by atoms with Gasteiger partial charge < -0.3 is 5.32 Å². The molecule has 1 aliphatic rings. The number of hydrogen-bond donors (Lipinski definition) is 1. The van der Waals surface area contributed by atoms with E-state index in [0.717, 1.165) is 6.54 Å². The van der Waals surface area contributed by atoms with Crippen LogP contribution in [0.2, 0.25) is 0 Å². The fraction of sp³-hybridized carbons (Fsp3) is 0.571. The van der Waals surface area contributed by atoms with Crippen LogP contribution in [0.15, 0.2) is 24.3 Å². The van der Waals surface area contributed by atoms with Crippen molar-refractivity contribution in [2.45, 2.75) is 32.2 Å². The van der Waals surface area contributed by atoms with E-state index in [0.29, 0.717) is 12.0 Å². The van der Waals surface area contributed by atoms with Gasteiger partial charge >= 0.3 is 0 Å². The Bertz CT molecular complexity index is 310. The fourth-order valence-corrected chi connectivity index (χ4v) is 3.10. The van der Waals surface area contributed by atoms with Crippen LogP contribution < -0.4 is 5.32 Å². The lowest BCUT2D eigenvalue weighted by Crippen LogP contribution is -2.22. The van der Waals surface area contributed by atoms with Crippen molar-refractivity contribution in [2.24, 2.45) is 0 Å². The molecule has 0 aromatic heterocycles. The van der Waals surface area contributed by atoms with Crippen molar-refractivity contribution in [1.82, 2.24) is 5.32 Å². The maximum Gasteiger partial charge on any atom is 0.0411 e. The van der Waals surface area contributed by atoms with Gasteiger partial charge in [-0.25, -0.2) is 0 Å². The third kappa shape index (κ3) is 3.02. The van der Waals surface area contributed by atoms with Crippen molar-refractivity contribution in [1.29, 1.82) is 0 Å². The average molecular weight is 235 g/mol. The lowest BCUT2D eigenvalue weighted by molar-refractivity contribution is 0.589. The molecule has 0 bridgehead atoms. The van der Waals surface area contributed by atoms with Gasteiger partial charge in [0.05, 0.1) is 0 Å². The molecule has 16 heavy (non-hydrogen) atoms. The molecule has 0 amide bonds. The lowest BCUT2D eigenvalue weighted by atomic mass is 9.99. The molecule has 1 unspecified atom stereocenters. The zero-order valence-electron chi connectivity index (χ0n) is 10.2. The van der Waals surface area contributed by atoms with Crippen molar-refractivity contribution < 1.29 is 0 Å². The van der Waals surface area contributed by atoms with Gasteiger partial charge in [-0.3, -0.25) is 0 Å². The summed E-state index contributed by atoms with van der Waals surface area (Å²) in [5, 5.41) is 3.63. The van der Waals surface area contributed by atoms with Gasteiger partial charge in [-0.1, -0.05) is 38.1 Å². The molecule has 2 rings (SSSR count). The van der Waals surface area contributed by atoms with E-state index in [-0.39, 0.29) is 0 Å². The Morgan fingerprint density at radius 2 is 2.00 bits per heavy atom. The van der Waals surface area contributed by atoms with Gasteiger partial charge in [0.15, 0.2) is 0 Å². The zero-order valence-corrected chi connectivity index (χ0v) is 11.0. The molecule has 1 heterocycles. The van der Waals surface area contributed by atoms with Gasteiger partial charge in [0.1, 0.15) is 0 Å². The molecule has 1 aromatic rings. The Morgan fingerprint density at radius 3 is 2.69 bits per heavy atom. The number of benzene rings is 1. The van der Waals surface area contributed by atoms with E-state index < -0.39 is 0 Å². The first-order valence-electron chi connectivity index (χ1n) is 6.18. The molecule has 1 nitrogen and oxygen atoms in total. The Morgan fingerprint density at radius 1 is 1.25 bits per heavy atom. The van der Waals surface area contributed by atoms with Crippen molar-refractivity contribution in [2.75, 3.05) is 18.1 Å². The summed E-state index contributed by atoms with van der Waals surface area (Å²) in [5.74, 6) is 3.14. The second-order valence-corrected chi connectivity index (χ2v) is 5.91. The van der Waals surface area contributed by atoms with E-state index in [4.69, 9.17) is 0 Å². The summed E-state index contributed by atoms with van der Waals surface area (Å²) in [6.45, 7) is 5.65. The van der Waals surface area contributed by atoms with Gasteiger partial charge in [-0.05, 0) is 35.8 Å². The van der Waals surface area contributed by atoms with Crippen LogP contribution in [0.5, 0.6) is 0 Å². The Hall–Kier alpha value is -0.470. The van der Waals surface area contributed by atoms with Crippen LogP contribution in [-0.4, -0.2) is 18.1 Å². The predicted molar refractivity (Wildman–Crippen MR) is 73.2 cm³/mol. The van der Waals surface area contributed by atoms with Crippen LogP contribution in [0, 0.1) is 0 Å². The highest BCUT2D eigenvalue weighted by Crippen LogP contribution is 2.23. The smallest absolute Gasteiger partial charge is 0.0411 e. The molecule has 88 valence electrons. The lowest BCUT2D eigenvalue weighted by Gasteiger charge is -2.16. The first kappa shape index (κ1) is 12.0. The monoisotopic (exact) mass is 235 g/mol. The first-order chi connectivity index (χ1) is 7.77. The molecular formula is C14H21NS. The van der Waals surface area contributed by atoms with Gasteiger partial charge in [0.2, 0.25) is 0 Å². The molecule has 1 fully saturated rings. The van der Waals surface area contributed by atoms with Crippen LogP contribution in [0.3, 0.4) is 0 Å². The fourth-order valence-electron chi connectivity index (χ4n) is 2.04. The van der Waals surface area contributed by atoms with E-state index >= 15 is 0 Å². The van der Waals surface area contributed by atoms with Gasteiger partial charge in [-0.15, -0.1) is 0 Å². The van der Waals surface area contributed by atoms with Crippen LogP contribution in [0.25, 0.3) is 0 Å². The van der Waals surface area contributed by atoms with E-state index in [2.05, 4.69) is 55.2 Å². The van der Waals surface area contributed by atoms with Crippen molar-refractivity contribution in [3.8, 4) is 0 Å². The normalized spacial score (nSPS) is 22.1. The van der Waals surface area contributed by atoms with Crippen molar-refractivity contribution in [3.63, 3.8) is 0 Å². The summed E-state index contributed by atoms with van der Waals surface area (Å²) in [6, 6.07) is 9.68. The number of rotatable bonds is 2. The summed E-state index contributed by atoms with van der Waals surface area (Å²) < 4.78 is 0. The summed E-state index contributed by atoms with van der Waals surface area (Å²) in [7, 11) is 0. The van der Waals surface area contributed by atoms with Crippen LogP contribution in [-0.2, 0) is 0 Å². The Labute approximate surface area is 103 Å². The van der Waals surface area contributed by atoms with Gasteiger partial charge in [0.25, 0.3) is 0 Å². The summed E-state index contributed by atoms with van der Waals surface area (Å²) in [4.78, 5) is 0. The average Bonchev–Trinajstić information content (AvgIpc) is 2.57. The van der Waals surface area contributed by atoms with Crippen molar-refractivity contribution >= 4 is 11.8 Å². The predicted octanol–water partition coefficient (Wildman–Crippen LogP) is 3.58. The second kappa shape index (κ2) is 5.74. The maximum absolute atomic E-state index is 3.63. The Balaban J connectivity index is 2.07. The molecule has 1 aromatic carbocycles. The zero-order chi connectivity index (χ0) is 11.4. The SMILES string of the molecule is CC(C)c1ccc(C2CSCCCN2)cc1. The number of thioether (sulfide) groups is 1. The molecule has 0 aliphatic carbocycles. The van der Waals surface area contributed by atoms with E-state index in [1.165, 1.54) is 29.1 Å². The van der Waals surface area contributed by atoms with Crippen LogP contribution >= 0.6 is 11.8 Å². The van der Waals surface area contributed by atoms with Crippen LogP contribution in [0.1, 0.15) is 43.4 Å². The van der Waals surface area contributed by atoms with Crippen LogP contribution in [0.4, 0.5) is 0 Å². The maximum atomic E-state index is 3.63. The minimum atomic E-state index is 0.550. The highest BCUT2D eigenvalue weighted by molar-refractivity contribution is 7.99. The summed E-state index contributed by atoms with van der Waals surface area (Å²) in [6.07, 6.45) is 1.30. The molecule has 1 aliphatic heterocycles. The molecular weight excluding hydrogens is 214 g/mol. The largest absolute Gasteiger partial charge is 0.309 e. The number of hydrogen-bond acceptors (Lipinski definition) is 2. The first-order valence-corrected chi connectivity index (χ1v) is 7.34. The molecule has 0 spiro atoms. The number of nitrogens with one attached hydrogen (secondary N) is 1. The quantitative estimate of drug-likeness (QED) is 0.841. The molecule has 1 N–H and O–H groups in total. The standard InChI is InChI=1S/C14H21NS/c1-11(2)12-4-6-13(7-5-12)14-10-16-9-3-8-15-14/h4-7,11,14-15H,3,8-10H2,1-2H3. The Kier molecular flexibility index (Phi) is 4.30. The minimum absolute atomic E-state index is 0.550. The molecule has 1 atom stereocenters. The van der Waals surface area contributed by atoms with E-state index in [1.807, 2.05) is 0 Å². The summed E-state index contributed by atoms with van der Waals surface area (Å²) in [5.41, 5.74) is 2.88. The van der Waals surface area contributed by atoms with Crippen molar-refractivity contribution in [3.05, 3.63) is 35.4 Å². The highest BCUT2D eigenvalue weighted by Gasteiger charge is 2.13. The van der Waals surface area contributed by atoms with E-state index in [9.17, 15) is 0 Å². The third-order valence-electron chi connectivity index (χ3n) is 3.15.